The van der Waals surface area contributed by atoms with E-state index in [9.17, 15) is 0 Å². The van der Waals surface area contributed by atoms with Crippen LogP contribution in [-0.2, 0) is 5.75 Å². The molecule has 0 saturated heterocycles. The maximum Gasteiger partial charge on any atom is 0.277 e. The summed E-state index contributed by atoms with van der Waals surface area (Å²) in [5.74, 6) is 1.23. The normalized spacial score (nSPS) is 11.0. The highest BCUT2D eigenvalue weighted by Gasteiger charge is 2.11. The number of hydrogen-bond acceptors (Lipinski definition) is 7. The van der Waals surface area contributed by atoms with Crippen LogP contribution in [0.3, 0.4) is 0 Å². The summed E-state index contributed by atoms with van der Waals surface area (Å²) >= 11 is 3.08. The molecule has 0 radical (unpaired) electrons. The number of aromatic nitrogens is 3. The van der Waals surface area contributed by atoms with Crippen molar-refractivity contribution >= 4 is 33.9 Å². The quantitative estimate of drug-likeness (QED) is 0.386. The Morgan fingerprint density at radius 2 is 1.82 bits per heavy atom. The smallest absolute Gasteiger partial charge is 0.277 e. The van der Waals surface area contributed by atoms with Crippen LogP contribution in [0, 0.1) is 20.8 Å². The van der Waals surface area contributed by atoms with Crippen LogP contribution < -0.4 is 5.32 Å². The van der Waals surface area contributed by atoms with Gasteiger partial charge < -0.3 is 9.73 Å². The van der Waals surface area contributed by atoms with E-state index in [4.69, 9.17) is 4.42 Å². The van der Waals surface area contributed by atoms with Crippen LogP contribution in [0.2, 0.25) is 0 Å². The van der Waals surface area contributed by atoms with Gasteiger partial charge in [-0.2, -0.15) is 0 Å². The Kier molecular flexibility index (Phi) is 5.45. The minimum atomic E-state index is 0.547. The first kappa shape index (κ1) is 18.7. The molecule has 1 N–H and O–H groups in total. The van der Waals surface area contributed by atoms with Gasteiger partial charge in [0.05, 0.1) is 5.69 Å². The number of nitrogens with one attached hydrogen (secondary N) is 1. The van der Waals surface area contributed by atoms with Crippen molar-refractivity contribution in [3.8, 4) is 11.5 Å². The SMILES string of the molecule is Cc1ccc(Nc2nc(CSc3nnc(-c4ccc(C)c(C)c4)o3)cs2)cc1. The van der Waals surface area contributed by atoms with Crippen molar-refractivity contribution in [1.29, 1.82) is 0 Å². The van der Waals surface area contributed by atoms with Crippen molar-refractivity contribution < 1.29 is 4.42 Å². The van der Waals surface area contributed by atoms with Gasteiger partial charge in [-0.3, -0.25) is 0 Å². The van der Waals surface area contributed by atoms with Crippen LogP contribution in [0.5, 0.6) is 0 Å². The van der Waals surface area contributed by atoms with Crippen molar-refractivity contribution in [3.05, 3.63) is 70.2 Å². The Morgan fingerprint density at radius 3 is 2.61 bits per heavy atom. The first-order chi connectivity index (χ1) is 13.6. The Bertz CT molecular complexity index is 1090. The topological polar surface area (TPSA) is 63.8 Å². The summed E-state index contributed by atoms with van der Waals surface area (Å²) in [5, 5.41) is 15.1. The molecule has 0 amide bonds. The molecule has 28 heavy (non-hydrogen) atoms. The minimum Gasteiger partial charge on any atom is -0.411 e. The molecule has 0 aliphatic heterocycles. The van der Waals surface area contributed by atoms with E-state index in [2.05, 4.69) is 77.7 Å². The Balaban J connectivity index is 1.37. The lowest BCUT2D eigenvalue weighted by Gasteiger charge is -2.02. The summed E-state index contributed by atoms with van der Waals surface area (Å²) < 4.78 is 5.80. The summed E-state index contributed by atoms with van der Waals surface area (Å²) in [7, 11) is 0. The molecule has 2 aromatic heterocycles. The molecule has 4 rings (SSSR count). The highest BCUT2D eigenvalue weighted by molar-refractivity contribution is 7.98. The number of hydrogen-bond donors (Lipinski definition) is 1. The van der Waals surface area contributed by atoms with Crippen molar-refractivity contribution in [1.82, 2.24) is 15.2 Å². The molecule has 0 bridgehead atoms. The van der Waals surface area contributed by atoms with Gasteiger partial charge in [0.25, 0.3) is 5.22 Å². The predicted molar refractivity (Wildman–Crippen MR) is 115 cm³/mol. The number of thiazole rings is 1. The second-order valence-corrected chi connectivity index (χ2v) is 8.38. The summed E-state index contributed by atoms with van der Waals surface area (Å²) in [6, 6.07) is 14.4. The average Bonchev–Trinajstić information content (AvgIpc) is 3.34. The predicted octanol–water partition coefficient (Wildman–Crippen LogP) is 6.15. The number of benzene rings is 2. The molecule has 0 atom stereocenters. The number of anilines is 2. The van der Waals surface area contributed by atoms with E-state index in [1.807, 2.05) is 11.4 Å². The van der Waals surface area contributed by atoms with Gasteiger partial charge in [-0.1, -0.05) is 35.5 Å². The molecule has 7 heteroatoms. The van der Waals surface area contributed by atoms with E-state index in [1.165, 1.54) is 28.5 Å². The fourth-order valence-corrected chi connectivity index (χ4v) is 4.08. The maximum atomic E-state index is 5.80. The van der Waals surface area contributed by atoms with Crippen LogP contribution in [0.4, 0.5) is 10.8 Å². The summed E-state index contributed by atoms with van der Waals surface area (Å²) in [5.41, 5.74) is 6.66. The van der Waals surface area contributed by atoms with Gasteiger partial charge in [0, 0.05) is 22.4 Å². The fourth-order valence-electron chi connectivity index (χ4n) is 2.59. The number of nitrogens with zero attached hydrogens (tertiary/aromatic N) is 3. The van der Waals surface area contributed by atoms with E-state index in [-0.39, 0.29) is 0 Å². The summed E-state index contributed by atoms with van der Waals surface area (Å²) in [6.07, 6.45) is 0. The van der Waals surface area contributed by atoms with Gasteiger partial charge in [0.15, 0.2) is 5.13 Å². The number of aryl methyl sites for hydroxylation is 3. The van der Waals surface area contributed by atoms with Gasteiger partial charge in [0.2, 0.25) is 5.89 Å². The van der Waals surface area contributed by atoms with Gasteiger partial charge in [-0.05, 0) is 56.2 Å². The van der Waals surface area contributed by atoms with E-state index < -0.39 is 0 Å². The van der Waals surface area contributed by atoms with E-state index in [0.29, 0.717) is 16.9 Å². The van der Waals surface area contributed by atoms with E-state index in [0.717, 1.165) is 22.1 Å². The molecule has 4 aromatic rings. The third-order valence-corrected chi connectivity index (χ3v) is 6.02. The van der Waals surface area contributed by atoms with Gasteiger partial charge in [-0.15, -0.1) is 21.5 Å². The Labute approximate surface area is 172 Å². The first-order valence-electron chi connectivity index (χ1n) is 8.89. The third kappa shape index (κ3) is 4.43. The summed E-state index contributed by atoms with van der Waals surface area (Å²) in [6.45, 7) is 6.24. The first-order valence-corrected chi connectivity index (χ1v) is 10.8. The minimum absolute atomic E-state index is 0.547. The molecule has 0 saturated carbocycles. The van der Waals surface area contributed by atoms with Gasteiger partial charge >= 0.3 is 0 Å². The maximum absolute atomic E-state index is 5.80. The molecule has 142 valence electrons. The molecule has 0 aliphatic rings. The molecular weight excluding hydrogens is 388 g/mol. The lowest BCUT2D eigenvalue weighted by Crippen LogP contribution is -1.90. The molecule has 0 spiro atoms. The van der Waals surface area contributed by atoms with Crippen molar-refractivity contribution in [2.45, 2.75) is 31.7 Å². The molecule has 2 aromatic carbocycles. The van der Waals surface area contributed by atoms with Gasteiger partial charge in [-0.25, -0.2) is 4.98 Å². The van der Waals surface area contributed by atoms with Crippen molar-refractivity contribution in [2.24, 2.45) is 0 Å². The second-order valence-electron chi connectivity index (χ2n) is 6.60. The lowest BCUT2D eigenvalue weighted by molar-refractivity contribution is 0.466. The van der Waals surface area contributed by atoms with Gasteiger partial charge in [0.1, 0.15) is 0 Å². The highest BCUT2D eigenvalue weighted by Crippen LogP contribution is 2.28. The van der Waals surface area contributed by atoms with Crippen LogP contribution in [0.25, 0.3) is 11.5 Å². The zero-order valence-corrected chi connectivity index (χ0v) is 17.5. The third-order valence-electron chi connectivity index (χ3n) is 4.36. The molecule has 0 unspecified atom stereocenters. The molecule has 0 aliphatic carbocycles. The standard InChI is InChI=1S/C21H20N4OS2/c1-13-4-8-17(9-5-13)22-20-23-18(11-27-20)12-28-21-25-24-19(26-21)16-7-6-14(2)15(3)10-16/h4-11H,12H2,1-3H3,(H,22,23). The molecule has 2 heterocycles. The van der Waals surface area contributed by atoms with E-state index >= 15 is 0 Å². The highest BCUT2D eigenvalue weighted by atomic mass is 32.2. The number of rotatable bonds is 6. The van der Waals surface area contributed by atoms with Crippen LogP contribution in [0.15, 0.2) is 57.5 Å². The largest absolute Gasteiger partial charge is 0.411 e. The van der Waals surface area contributed by atoms with E-state index in [1.54, 1.807) is 11.3 Å². The second kappa shape index (κ2) is 8.16. The summed E-state index contributed by atoms with van der Waals surface area (Å²) in [4.78, 5) is 4.63. The van der Waals surface area contributed by atoms with Crippen molar-refractivity contribution in [3.63, 3.8) is 0 Å². The fraction of sp³-hybridized carbons (Fsp3) is 0.190. The lowest BCUT2D eigenvalue weighted by atomic mass is 10.1. The zero-order chi connectivity index (χ0) is 19.5. The van der Waals surface area contributed by atoms with Crippen LogP contribution in [0.1, 0.15) is 22.4 Å². The Hall–Kier alpha value is -2.64. The average molecular weight is 409 g/mol. The molecule has 0 fully saturated rings. The zero-order valence-electron chi connectivity index (χ0n) is 15.9. The molecule has 5 nitrogen and oxygen atoms in total. The monoisotopic (exact) mass is 408 g/mol. The Morgan fingerprint density at radius 1 is 1.00 bits per heavy atom. The van der Waals surface area contributed by atoms with Crippen molar-refractivity contribution in [2.75, 3.05) is 5.32 Å². The molecular formula is C21H20N4OS2. The number of thioether (sulfide) groups is 1. The van der Waals surface area contributed by atoms with Crippen LogP contribution >= 0.6 is 23.1 Å². The van der Waals surface area contributed by atoms with Crippen LogP contribution in [-0.4, -0.2) is 15.2 Å².